The SMILES string of the molecule is Fc1ccc(Cn2c(NC3CCN(CC4CCCCC4)CC3)nc3ccccc32)cc1. The molecule has 2 aliphatic rings. The summed E-state index contributed by atoms with van der Waals surface area (Å²) >= 11 is 0. The number of rotatable bonds is 6. The lowest BCUT2D eigenvalue weighted by Gasteiger charge is -2.35. The third-order valence-corrected chi connectivity index (χ3v) is 7.07. The first kappa shape index (κ1) is 20.5. The van der Waals surface area contributed by atoms with E-state index in [0.717, 1.165) is 41.3 Å². The molecule has 164 valence electrons. The van der Waals surface area contributed by atoms with Crippen LogP contribution < -0.4 is 5.32 Å². The van der Waals surface area contributed by atoms with Crippen molar-refractivity contribution in [1.29, 1.82) is 0 Å². The first-order valence-electron chi connectivity index (χ1n) is 11.9. The van der Waals surface area contributed by atoms with Crippen molar-refractivity contribution in [3.63, 3.8) is 0 Å². The molecule has 0 spiro atoms. The van der Waals surface area contributed by atoms with Gasteiger partial charge in [0.15, 0.2) is 0 Å². The summed E-state index contributed by atoms with van der Waals surface area (Å²) < 4.78 is 15.6. The Bertz CT molecular complexity index is 982. The van der Waals surface area contributed by atoms with Crippen LogP contribution in [-0.4, -0.2) is 40.1 Å². The molecule has 31 heavy (non-hydrogen) atoms. The molecule has 0 unspecified atom stereocenters. The number of benzene rings is 2. The molecule has 0 radical (unpaired) electrons. The molecule has 2 aromatic carbocycles. The van der Waals surface area contributed by atoms with E-state index in [1.54, 1.807) is 0 Å². The highest BCUT2D eigenvalue weighted by Gasteiger charge is 2.24. The fourth-order valence-electron chi connectivity index (χ4n) is 5.30. The van der Waals surface area contributed by atoms with Gasteiger partial charge < -0.3 is 14.8 Å². The summed E-state index contributed by atoms with van der Waals surface area (Å²) in [7, 11) is 0. The van der Waals surface area contributed by atoms with Gasteiger partial charge in [-0.05, 0) is 61.4 Å². The molecule has 0 amide bonds. The zero-order chi connectivity index (χ0) is 21.0. The highest BCUT2D eigenvalue weighted by atomic mass is 19.1. The Hall–Kier alpha value is -2.40. The van der Waals surface area contributed by atoms with Crippen LogP contribution in [0.5, 0.6) is 0 Å². The van der Waals surface area contributed by atoms with Gasteiger partial charge in [0.05, 0.1) is 17.6 Å². The summed E-state index contributed by atoms with van der Waals surface area (Å²) in [5.41, 5.74) is 3.20. The number of nitrogens with one attached hydrogen (secondary N) is 1. The molecule has 5 heteroatoms. The van der Waals surface area contributed by atoms with E-state index < -0.39 is 0 Å². The maximum atomic E-state index is 13.4. The Kier molecular flexibility index (Phi) is 6.21. The second-order valence-electron chi connectivity index (χ2n) is 9.36. The summed E-state index contributed by atoms with van der Waals surface area (Å²) in [5.74, 6) is 1.65. The van der Waals surface area contributed by atoms with Gasteiger partial charge in [-0.25, -0.2) is 9.37 Å². The number of piperidine rings is 1. The summed E-state index contributed by atoms with van der Waals surface area (Å²) in [6.07, 6.45) is 9.44. The van der Waals surface area contributed by atoms with E-state index in [9.17, 15) is 4.39 Å². The van der Waals surface area contributed by atoms with Crippen molar-refractivity contribution < 1.29 is 4.39 Å². The molecule has 1 aromatic heterocycles. The van der Waals surface area contributed by atoms with E-state index in [-0.39, 0.29) is 5.82 Å². The maximum Gasteiger partial charge on any atom is 0.204 e. The van der Waals surface area contributed by atoms with Gasteiger partial charge in [-0.1, -0.05) is 43.5 Å². The summed E-state index contributed by atoms with van der Waals surface area (Å²) in [6.45, 7) is 4.32. The normalized spacial score (nSPS) is 19.1. The minimum Gasteiger partial charge on any atom is -0.353 e. The molecule has 1 aliphatic carbocycles. The average Bonchev–Trinajstić information content (AvgIpc) is 3.14. The number of anilines is 1. The van der Waals surface area contributed by atoms with Crippen LogP contribution in [0, 0.1) is 11.7 Å². The van der Waals surface area contributed by atoms with Crippen molar-refractivity contribution in [3.05, 3.63) is 59.9 Å². The zero-order valence-corrected chi connectivity index (χ0v) is 18.3. The fourth-order valence-corrected chi connectivity index (χ4v) is 5.30. The van der Waals surface area contributed by atoms with Gasteiger partial charge in [-0.15, -0.1) is 0 Å². The fraction of sp³-hybridized carbons (Fsp3) is 0.500. The van der Waals surface area contributed by atoms with Crippen molar-refractivity contribution in [2.45, 2.75) is 57.5 Å². The van der Waals surface area contributed by atoms with Crippen LogP contribution in [0.25, 0.3) is 11.0 Å². The summed E-state index contributed by atoms with van der Waals surface area (Å²) in [6, 6.07) is 15.5. The number of hydrogen-bond donors (Lipinski definition) is 1. The van der Waals surface area contributed by atoms with E-state index in [1.165, 1.54) is 63.9 Å². The predicted octanol–water partition coefficient (Wildman–Crippen LogP) is 5.68. The molecule has 1 N–H and O–H groups in total. The molecule has 0 atom stereocenters. The van der Waals surface area contributed by atoms with Gasteiger partial charge in [0.2, 0.25) is 5.95 Å². The van der Waals surface area contributed by atoms with Crippen LogP contribution in [-0.2, 0) is 6.54 Å². The van der Waals surface area contributed by atoms with Gasteiger partial charge >= 0.3 is 0 Å². The third-order valence-electron chi connectivity index (χ3n) is 7.07. The van der Waals surface area contributed by atoms with E-state index in [2.05, 4.69) is 33.0 Å². The van der Waals surface area contributed by atoms with Crippen molar-refractivity contribution in [1.82, 2.24) is 14.5 Å². The smallest absolute Gasteiger partial charge is 0.204 e. The molecule has 2 heterocycles. The molecule has 2 fully saturated rings. The van der Waals surface area contributed by atoms with Crippen molar-refractivity contribution >= 4 is 17.0 Å². The van der Waals surface area contributed by atoms with Crippen molar-refractivity contribution in [2.75, 3.05) is 25.0 Å². The molecule has 0 bridgehead atoms. The van der Waals surface area contributed by atoms with Crippen LogP contribution in [0.3, 0.4) is 0 Å². The average molecular weight is 421 g/mol. The standard InChI is InChI=1S/C26H33FN4/c27-22-12-10-21(11-13-22)19-31-25-9-5-4-8-24(25)29-26(31)28-23-14-16-30(17-15-23)18-20-6-2-1-3-7-20/h4-5,8-13,20,23H,1-3,6-7,14-19H2,(H,28,29). The lowest BCUT2D eigenvalue weighted by Crippen LogP contribution is -2.41. The number of likely N-dealkylation sites (tertiary alicyclic amines) is 1. The molecular weight excluding hydrogens is 387 g/mol. The van der Waals surface area contributed by atoms with Crippen molar-refractivity contribution in [2.24, 2.45) is 5.92 Å². The minimum absolute atomic E-state index is 0.197. The monoisotopic (exact) mass is 420 g/mol. The van der Waals surface area contributed by atoms with E-state index in [4.69, 9.17) is 4.98 Å². The number of nitrogens with zero attached hydrogens (tertiary/aromatic N) is 3. The quantitative estimate of drug-likeness (QED) is 0.557. The van der Waals surface area contributed by atoms with Crippen LogP contribution in [0.2, 0.25) is 0 Å². The lowest BCUT2D eigenvalue weighted by molar-refractivity contribution is 0.168. The molecule has 1 aliphatic heterocycles. The van der Waals surface area contributed by atoms with E-state index in [0.29, 0.717) is 12.6 Å². The van der Waals surface area contributed by atoms with Gasteiger partial charge in [-0.2, -0.15) is 0 Å². The molecular formula is C26H33FN4. The van der Waals surface area contributed by atoms with Gasteiger partial charge in [0, 0.05) is 25.7 Å². The number of halogens is 1. The Morgan fingerprint density at radius 1 is 0.903 bits per heavy atom. The van der Waals surface area contributed by atoms with Gasteiger partial charge in [0.25, 0.3) is 0 Å². The summed E-state index contributed by atoms with van der Waals surface area (Å²) in [4.78, 5) is 7.57. The van der Waals surface area contributed by atoms with Gasteiger partial charge in [0.1, 0.15) is 5.82 Å². The highest BCUT2D eigenvalue weighted by Crippen LogP contribution is 2.27. The Morgan fingerprint density at radius 2 is 1.65 bits per heavy atom. The van der Waals surface area contributed by atoms with Crippen LogP contribution in [0.4, 0.5) is 10.3 Å². The lowest BCUT2D eigenvalue weighted by atomic mass is 9.88. The topological polar surface area (TPSA) is 33.1 Å². The second-order valence-corrected chi connectivity index (χ2v) is 9.36. The molecule has 5 rings (SSSR count). The maximum absolute atomic E-state index is 13.4. The van der Waals surface area contributed by atoms with E-state index in [1.807, 2.05) is 18.2 Å². The van der Waals surface area contributed by atoms with Crippen LogP contribution >= 0.6 is 0 Å². The number of fused-ring (bicyclic) bond motifs is 1. The Balaban J connectivity index is 1.26. The Morgan fingerprint density at radius 3 is 2.42 bits per heavy atom. The van der Waals surface area contributed by atoms with Crippen molar-refractivity contribution in [3.8, 4) is 0 Å². The van der Waals surface area contributed by atoms with E-state index >= 15 is 0 Å². The molecule has 1 saturated heterocycles. The van der Waals surface area contributed by atoms with Crippen LogP contribution in [0.15, 0.2) is 48.5 Å². The predicted molar refractivity (Wildman–Crippen MR) is 125 cm³/mol. The summed E-state index contributed by atoms with van der Waals surface area (Å²) in [5, 5.41) is 3.75. The first-order chi connectivity index (χ1) is 15.2. The number of imidazole rings is 1. The highest BCUT2D eigenvalue weighted by molar-refractivity contribution is 5.78. The molecule has 1 saturated carbocycles. The number of para-hydroxylation sites is 2. The first-order valence-corrected chi connectivity index (χ1v) is 11.9. The second kappa shape index (κ2) is 9.39. The van der Waals surface area contributed by atoms with Crippen LogP contribution in [0.1, 0.15) is 50.5 Å². The number of hydrogen-bond acceptors (Lipinski definition) is 3. The number of aromatic nitrogens is 2. The molecule has 3 aromatic rings. The minimum atomic E-state index is -0.197. The Labute approximate surface area is 184 Å². The largest absolute Gasteiger partial charge is 0.353 e. The van der Waals surface area contributed by atoms with Gasteiger partial charge in [-0.3, -0.25) is 0 Å². The third kappa shape index (κ3) is 4.93. The molecule has 4 nitrogen and oxygen atoms in total. The zero-order valence-electron chi connectivity index (χ0n) is 18.3.